The van der Waals surface area contributed by atoms with E-state index in [1.165, 1.54) is 24.2 Å². The van der Waals surface area contributed by atoms with E-state index in [0.29, 0.717) is 0 Å². The van der Waals surface area contributed by atoms with Crippen molar-refractivity contribution in [2.75, 3.05) is 24.5 Å². The van der Waals surface area contributed by atoms with Crippen molar-refractivity contribution in [1.29, 1.82) is 0 Å². The number of hydrogen-bond donors (Lipinski definition) is 0. The molecule has 2 aliphatic heterocycles. The Morgan fingerprint density at radius 3 is 2.69 bits per heavy atom. The highest BCUT2D eigenvalue weighted by Gasteiger charge is 2.32. The maximum absolute atomic E-state index is 13.2. The largest absolute Gasteiger partial charge is 0.356 e. The molecule has 2 saturated heterocycles. The lowest BCUT2D eigenvalue weighted by Crippen LogP contribution is -2.38. The minimum atomic E-state index is -0.00464. The van der Waals surface area contributed by atoms with Crippen molar-refractivity contribution in [2.24, 2.45) is 0 Å². The minimum Gasteiger partial charge on any atom is -0.356 e. The lowest BCUT2D eigenvalue weighted by molar-refractivity contribution is 0.0610. The van der Waals surface area contributed by atoms with Gasteiger partial charge in [-0.2, -0.15) is 5.10 Å². The van der Waals surface area contributed by atoms with Crippen molar-refractivity contribution in [3.05, 3.63) is 39.6 Å². The Bertz CT molecular complexity index is 1050. The number of rotatable bonds is 3. The second kappa shape index (κ2) is 7.40. The first-order valence-electron chi connectivity index (χ1n) is 10.4. The maximum atomic E-state index is 13.2. The number of amides is 1. The monoisotopic (exact) mass is 410 g/mol. The third kappa shape index (κ3) is 3.29. The van der Waals surface area contributed by atoms with Gasteiger partial charge in [0, 0.05) is 37.5 Å². The smallest absolute Gasteiger partial charge is 0.266 e. The van der Waals surface area contributed by atoms with Crippen LogP contribution >= 0.6 is 11.3 Å². The van der Waals surface area contributed by atoms with Gasteiger partial charge in [0.2, 0.25) is 0 Å². The number of carbonyl (C=O) groups is 1. The van der Waals surface area contributed by atoms with Crippen molar-refractivity contribution in [2.45, 2.75) is 52.0 Å². The summed E-state index contributed by atoms with van der Waals surface area (Å²) < 4.78 is 1.87. The van der Waals surface area contributed by atoms with Gasteiger partial charge in [0.25, 0.3) is 5.91 Å². The molecule has 0 unspecified atom stereocenters. The Morgan fingerprint density at radius 1 is 1.14 bits per heavy atom. The fourth-order valence-corrected chi connectivity index (χ4v) is 5.31. The van der Waals surface area contributed by atoms with E-state index in [1.54, 1.807) is 5.51 Å². The number of hydrogen-bond acceptors (Lipinski definition) is 6. The van der Waals surface area contributed by atoms with Gasteiger partial charge >= 0.3 is 0 Å². The first-order valence-corrected chi connectivity index (χ1v) is 11.3. The molecule has 2 aliphatic rings. The molecule has 5 rings (SSSR count). The Balaban J connectivity index is 1.49. The van der Waals surface area contributed by atoms with Crippen molar-refractivity contribution in [3.8, 4) is 0 Å². The first-order chi connectivity index (χ1) is 14.1. The van der Waals surface area contributed by atoms with Crippen LogP contribution in [0.25, 0.3) is 5.65 Å². The zero-order valence-corrected chi connectivity index (χ0v) is 17.8. The van der Waals surface area contributed by atoms with E-state index in [0.717, 1.165) is 72.2 Å². The molecular formula is C21H26N6OS. The molecule has 3 aromatic heterocycles. The third-order valence-corrected chi connectivity index (χ3v) is 6.99. The van der Waals surface area contributed by atoms with Crippen LogP contribution in [0.4, 0.5) is 5.82 Å². The number of aromatic nitrogens is 4. The van der Waals surface area contributed by atoms with Crippen LogP contribution in [0.1, 0.15) is 64.8 Å². The van der Waals surface area contributed by atoms with Gasteiger partial charge in [0.1, 0.15) is 10.7 Å². The highest BCUT2D eigenvalue weighted by molar-refractivity contribution is 7.11. The molecule has 0 radical (unpaired) electrons. The van der Waals surface area contributed by atoms with E-state index in [2.05, 4.69) is 29.1 Å². The number of carbonyl (C=O) groups excluding carboxylic acids is 1. The van der Waals surface area contributed by atoms with Gasteiger partial charge in [-0.3, -0.25) is 4.79 Å². The SMILES string of the molecule is Cc1cn2nc([C@@H]3CCCCN3C(=O)c3scnc3C)cc2nc1N1CCCC1. The predicted octanol–water partition coefficient (Wildman–Crippen LogP) is 3.77. The van der Waals surface area contributed by atoms with Crippen molar-refractivity contribution in [1.82, 2.24) is 24.5 Å². The molecular weight excluding hydrogens is 384 g/mol. The number of nitrogens with zero attached hydrogens (tertiary/aromatic N) is 6. The van der Waals surface area contributed by atoms with Crippen LogP contribution in [-0.2, 0) is 0 Å². The van der Waals surface area contributed by atoms with Crippen LogP contribution in [0, 0.1) is 13.8 Å². The summed E-state index contributed by atoms with van der Waals surface area (Å²) in [6.07, 6.45) is 7.60. The third-order valence-electron chi connectivity index (χ3n) is 6.07. The number of aryl methyl sites for hydroxylation is 2. The Labute approximate surface area is 174 Å². The molecule has 0 aliphatic carbocycles. The van der Waals surface area contributed by atoms with Gasteiger partial charge in [-0.1, -0.05) is 0 Å². The maximum Gasteiger partial charge on any atom is 0.266 e. The normalized spacial score (nSPS) is 20.0. The van der Waals surface area contributed by atoms with Crippen LogP contribution in [-0.4, -0.2) is 50.0 Å². The summed E-state index contributed by atoms with van der Waals surface area (Å²) in [6, 6.07) is 2.06. The number of thiazole rings is 1. The van der Waals surface area contributed by atoms with Gasteiger partial charge < -0.3 is 9.80 Å². The number of anilines is 1. The Morgan fingerprint density at radius 2 is 1.93 bits per heavy atom. The minimum absolute atomic E-state index is 0.00464. The average molecular weight is 411 g/mol. The lowest BCUT2D eigenvalue weighted by Gasteiger charge is -2.34. The number of likely N-dealkylation sites (tertiary alicyclic amines) is 1. The van der Waals surface area contributed by atoms with E-state index >= 15 is 0 Å². The molecule has 7 nitrogen and oxygen atoms in total. The first kappa shape index (κ1) is 18.5. The van der Waals surface area contributed by atoms with Gasteiger partial charge in [0.15, 0.2) is 5.65 Å². The fraction of sp³-hybridized carbons (Fsp3) is 0.524. The van der Waals surface area contributed by atoms with Crippen LogP contribution in [0.3, 0.4) is 0 Å². The quantitative estimate of drug-likeness (QED) is 0.658. The average Bonchev–Trinajstić information content (AvgIpc) is 3.47. The van der Waals surface area contributed by atoms with Crippen LogP contribution < -0.4 is 4.90 Å². The zero-order chi connectivity index (χ0) is 20.0. The summed E-state index contributed by atoms with van der Waals surface area (Å²) in [4.78, 5) is 27.5. The zero-order valence-electron chi connectivity index (χ0n) is 17.0. The van der Waals surface area contributed by atoms with Gasteiger partial charge in [0.05, 0.1) is 22.9 Å². The highest BCUT2D eigenvalue weighted by Crippen LogP contribution is 2.33. The van der Waals surface area contributed by atoms with E-state index < -0.39 is 0 Å². The molecule has 8 heteroatoms. The van der Waals surface area contributed by atoms with E-state index in [-0.39, 0.29) is 11.9 Å². The summed E-state index contributed by atoms with van der Waals surface area (Å²) in [5, 5.41) is 4.83. The summed E-state index contributed by atoms with van der Waals surface area (Å²) in [6.45, 7) is 6.92. The molecule has 1 amide bonds. The number of fused-ring (bicyclic) bond motifs is 1. The van der Waals surface area contributed by atoms with Gasteiger partial charge in [-0.25, -0.2) is 14.5 Å². The topological polar surface area (TPSA) is 66.6 Å². The standard InChI is InChI=1S/C21H26N6OS/c1-14-12-27-18(23-20(14)25-8-5-6-9-25)11-16(24-27)17-7-3-4-10-26(17)21(28)19-15(2)22-13-29-19/h11-13,17H,3-10H2,1-2H3/t17-/m0/s1. The predicted molar refractivity (Wildman–Crippen MR) is 114 cm³/mol. The molecule has 3 aromatic rings. The molecule has 152 valence electrons. The van der Waals surface area contributed by atoms with Crippen molar-refractivity contribution in [3.63, 3.8) is 0 Å². The Hall–Kier alpha value is -2.48. The van der Waals surface area contributed by atoms with Crippen LogP contribution in [0.2, 0.25) is 0 Å². The second-order valence-electron chi connectivity index (χ2n) is 8.09. The summed E-state index contributed by atoms with van der Waals surface area (Å²) >= 11 is 1.43. The van der Waals surface area contributed by atoms with E-state index in [1.807, 2.05) is 16.3 Å². The molecule has 29 heavy (non-hydrogen) atoms. The Kier molecular flexibility index (Phi) is 4.73. The molecule has 0 aromatic carbocycles. The molecule has 0 N–H and O–H groups in total. The number of piperidine rings is 1. The molecule has 1 atom stereocenters. The molecule has 0 spiro atoms. The second-order valence-corrected chi connectivity index (χ2v) is 8.95. The molecule has 0 bridgehead atoms. The molecule has 2 fully saturated rings. The van der Waals surface area contributed by atoms with E-state index in [9.17, 15) is 4.79 Å². The molecule has 0 saturated carbocycles. The highest BCUT2D eigenvalue weighted by atomic mass is 32.1. The van der Waals surface area contributed by atoms with Crippen LogP contribution in [0.5, 0.6) is 0 Å². The van der Waals surface area contributed by atoms with Crippen LogP contribution in [0.15, 0.2) is 17.8 Å². The van der Waals surface area contributed by atoms with E-state index in [4.69, 9.17) is 10.1 Å². The molecule has 5 heterocycles. The van der Waals surface area contributed by atoms with Crippen molar-refractivity contribution < 1.29 is 4.79 Å². The van der Waals surface area contributed by atoms with Gasteiger partial charge in [-0.05, 0) is 46.0 Å². The van der Waals surface area contributed by atoms with Gasteiger partial charge in [-0.15, -0.1) is 11.3 Å². The summed E-state index contributed by atoms with van der Waals surface area (Å²) in [7, 11) is 0. The van der Waals surface area contributed by atoms with Crippen molar-refractivity contribution >= 4 is 28.7 Å². The summed E-state index contributed by atoms with van der Waals surface area (Å²) in [5.74, 6) is 1.15. The summed E-state index contributed by atoms with van der Waals surface area (Å²) in [5.41, 5.74) is 5.50. The lowest BCUT2D eigenvalue weighted by atomic mass is 9.99. The fourth-order valence-electron chi connectivity index (χ4n) is 4.55.